The molecule has 1 aliphatic rings. The molecule has 0 bridgehead atoms. The van der Waals surface area contributed by atoms with Gasteiger partial charge in [0.05, 0.1) is 10.6 Å². The predicted octanol–water partition coefficient (Wildman–Crippen LogP) is 2.45. The summed E-state index contributed by atoms with van der Waals surface area (Å²) < 4.78 is 1.79. The van der Waals surface area contributed by atoms with Crippen LogP contribution in [-0.4, -0.2) is 17.7 Å². The first-order valence-electron chi connectivity index (χ1n) is 7.18. The van der Waals surface area contributed by atoms with E-state index in [0.717, 1.165) is 36.5 Å². The summed E-state index contributed by atoms with van der Waals surface area (Å²) in [5.74, 6) is 0.497. The van der Waals surface area contributed by atoms with E-state index in [1.54, 1.807) is 22.0 Å². The van der Waals surface area contributed by atoms with Gasteiger partial charge in [-0.15, -0.1) is 11.3 Å². The highest BCUT2D eigenvalue weighted by Gasteiger charge is 2.18. The SMILES string of the molecule is N#Cc1ccc(-c2cccs2)n(CC2CCNCC2)c1=O. The first-order valence-corrected chi connectivity index (χ1v) is 8.06. The first kappa shape index (κ1) is 14.1. The number of hydrogen-bond acceptors (Lipinski definition) is 4. The normalized spacial score (nSPS) is 15.8. The molecule has 21 heavy (non-hydrogen) atoms. The van der Waals surface area contributed by atoms with Crippen molar-refractivity contribution in [2.45, 2.75) is 19.4 Å². The van der Waals surface area contributed by atoms with E-state index in [1.165, 1.54) is 0 Å². The summed E-state index contributed by atoms with van der Waals surface area (Å²) in [5, 5.41) is 14.4. The molecular formula is C16H17N3OS. The molecule has 1 aliphatic heterocycles. The highest BCUT2D eigenvalue weighted by Crippen LogP contribution is 2.25. The van der Waals surface area contributed by atoms with Crippen LogP contribution >= 0.6 is 11.3 Å². The topological polar surface area (TPSA) is 57.8 Å². The minimum atomic E-state index is -0.165. The summed E-state index contributed by atoms with van der Waals surface area (Å²) in [6, 6.07) is 9.54. The average Bonchev–Trinajstić information content (AvgIpc) is 3.04. The molecule has 0 radical (unpaired) electrons. The van der Waals surface area contributed by atoms with E-state index in [0.29, 0.717) is 12.5 Å². The van der Waals surface area contributed by atoms with Crippen molar-refractivity contribution in [2.75, 3.05) is 13.1 Å². The van der Waals surface area contributed by atoms with E-state index in [4.69, 9.17) is 5.26 Å². The summed E-state index contributed by atoms with van der Waals surface area (Å²) in [7, 11) is 0. The smallest absolute Gasteiger partial charge is 0.268 e. The standard InChI is InChI=1S/C16H17N3OS/c17-10-13-3-4-14(15-2-1-9-21-15)19(16(13)20)11-12-5-7-18-8-6-12/h1-4,9,12,18H,5-8,11H2. The summed E-state index contributed by atoms with van der Waals surface area (Å²) >= 11 is 1.62. The molecule has 1 saturated heterocycles. The van der Waals surface area contributed by atoms with Crippen LogP contribution in [0.3, 0.4) is 0 Å². The molecule has 0 aliphatic carbocycles. The van der Waals surface area contributed by atoms with Crippen molar-refractivity contribution in [3.8, 4) is 16.6 Å². The van der Waals surface area contributed by atoms with Crippen molar-refractivity contribution < 1.29 is 0 Å². The van der Waals surface area contributed by atoms with Gasteiger partial charge in [0.2, 0.25) is 0 Å². The van der Waals surface area contributed by atoms with Gasteiger partial charge in [0.15, 0.2) is 0 Å². The number of nitrogens with zero attached hydrogens (tertiary/aromatic N) is 2. The van der Waals surface area contributed by atoms with Crippen molar-refractivity contribution >= 4 is 11.3 Å². The van der Waals surface area contributed by atoms with Gasteiger partial charge in [-0.3, -0.25) is 4.79 Å². The molecule has 0 saturated carbocycles. The number of nitriles is 1. The Kier molecular flexibility index (Phi) is 4.18. The van der Waals surface area contributed by atoms with Crippen LogP contribution in [0.2, 0.25) is 0 Å². The van der Waals surface area contributed by atoms with Gasteiger partial charge in [0.25, 0.3) is 5.56 Å². The van der Waals surface area contributed by atoms with E-state index in [9.17, 15) is 4.79 Å². The molecule has 2 aromatic heterocycles. The van der Waals surface area contributed by atoms with Crippen LogP contribution in [0.25, 0.3) is 10.6 Å². The van der Waals surface area contributed by atoms with E-state index >= 15 is 0 Å². The van der Waals surface area contributed by atoms with Crippen LogP contribution in [0.4, 0.5) is 0 Å². The molecule has 4 nitrogen and oxygen atoms in total. The Morgan fingerprint density at radius 3 is 2.81 bits per heavy atom. The maximum atomic E-state index is 12.5. The molecule has 1 fully saturated rings. The second-order valence-corrected chi connectivity index (χ2v) is 6.28. The van der Waals surface area contributed by atoms with Gasteiger partial charge in [-0.05, 0) is 55.4 Å². The Bertz CT molecular complexity index is 706. The van der Waals surface area contributed by atoms with Crippen LogP contribution in [0.15, 0.2) is 34.4 Å². The lowest BCUT2D eigenvalue weighted by atomic mass is 9.97. The molecule has 3 rings (SSSR count). The van der Waals surface area contributed by atoms with Crippen LogP contribution in [-0.2, 0) is 6.54 Å². The summed E-state index contributed by atoms with van der Waals surface area (Å²) in [5.41, 5.74) is 0.985. The Morgan fingerprint density at radius 2 is 2.14 bits per heavy atom. The zero-order valence-electron chi connectivity index (χ0n) is 11.7. The maximum absolute atomic E-state index is 12.5. The summed E-state index contributed by atoms with van der Waals surface area (Å²) in [4.78, 5) is 13.6. The van der Waals surface area contributed by atoms with Crippen LogP contribution in [0.1, 0.15) is 18.4 Å². The largest absolute Gasteiger partial charge is 0.317 e. The predicted molar refractivity (Wildman–Crippen MR) is 84.3 cm³/mol. The number of piperidine rings is 1. The van der Waals surface area contributed by atoms with Crippen LogP contribution in [0.5, 0.6) is 0 Å². The second kappa shape index (κ2) is 6.25. The number of hydrogen-bond donors (Lipinski definition) is 1. The van der Waals surface area contributed by atoms with Crippen molar-refractivity contribution in [3.63, 3.8) is 0 Å². The Hall–Kier alpha value is -1.90. The molecular weight excluding hydrogens is 282 g/mol. The number of thiophene rings is 1. The third-order valence-corrected chi connectivity index (χ3v) is 4.86. The zero-order valence-corrected chi connectivity index (χ0v) is 12.5. The molecule has 0 unspecified atom stereocenters. The molecule has 0 spiro atoms. The fourth-order valence-electron chi connectivity index (χ4n) is 2.81. The molecule has 0 amide bonds. The van der Waals surface area contributed by atoms with Crippen molar-refractivity contribution in [2.24, 2.45) is 5.92 Å². The van der Waals surface area contributed by atoms with Gasteiger partial charge in [0.1, 0.15) is 11.6 Å². The second-order valence-electron chi connectivity index (χ2n) is 5.33. The van der Waals surface area contributed by atoms with E-state index < -0.39 is 0 Å². The molecule has 1 N–H and O–H groups in total. The minimum Gasteiger partial charge on any atom is -0.317 e. The summed E-state index contributed by atoms with van der Waals surface area (Å²) in [6.45, 7) is 2.71. The molecule has 0 aromatic carbocycles. The zero-order chi connectivity index (χ0) is 14.7. The molecule has 0 atom stereocenters. The fourth-order valence-corrected chi connectivity index (χ4v) is 3.57. The average molecular weight is 299 g/mol. The monoisotopic (exact) mass is 299 g/mol. The highest BCUT2D eigenvalue weighted by atomic mass is 32.1. The van der Waals surface area contributed by atoms with E-state index in [1.807, 2.05) is 29.6 Å². The molecule has 5 heteroatoms. The first-order chi connectivity index (χ1) is 10.3. The van der Waals surface area contributed by atoms with E-state index in [-0.39, 0.29) is 11.1 Å². The van der Waals surface area contributed by atoms with Gasteiger partial charge >= 0.3 is 0 Å². The van der Waals surface area contributed by atoms with Crippen LogP contribution in [0, 0.1) is 17.2 Å². The number of aromatic nitrogens is 1. The Balaban J connectivity index is 2.02. The van der Waals surface area contributed by atoms with Crippen molar-refractivity contribution in [3.05, 3.63) is 45.6 Å². The molecule has 108 valence electrons. The van der Waals surface area contributed by atoms with Gasteiger partial charge in [-0.25, -0.2) is 0 Å². The van der Waals surface area contributed by atoms with Gasteiger partial charge < -0.3 is 9.88 Å². The van der Waals surface area contributed by atoms with Gasteiger partial charge in [-0.2, -0.15) is 5.26 Å². The molecule has 3 heterocycles. The summed E-state index contributed by atoms with van der Waals surface area (Å²) in [6.07, 6.45) is 2.15. The third kappa shape index (κ3) is 2.92. The van der Waals surface area contributed by atoms with E-state index in [2.05, 4.69) is 5.32 Å². The maximum Gasteiger partial charge on any atom is 0.268 e. The lowest BCUT2D eigenvalue weighted by Crippen LogP contribution is -2.33. The lowest BCUT2D eigenvalue weighted by Gasteiger charge is -2.24. The van der Waals surface area contributed by atoms with Gasteiger partial charge in [-0.1, -0.05) is 6.07 Å². The number of nitrogens with one attached hydrogen (secondary N) is 1. The molecule has 2 aromatic rings. The Morgan fingerprint density at radius 1 is 1.33 bits per heavy atom. The van der Waals surface area contributed by atoms with Crippen molar-refractivity contribution in [1.82, 2.24) is 9.88 Å². The lowest BCUT2D eigenvalue weighted by molar-refractivity contribution is 0.331. The fraction of sp³-hybridized carbons (Fsp3) is 0.375. The third-order valence-electron chi connectivity index (χ3n) is 3.97. The van der Waals surface area contributed by atoms with Gasteiger partial charge in [0, 0.05) is 6.54 Å². The highest BCUT2D eigenvalue weighted by molar-refractivity contribution is 7.13. The minimum absolute atomic E-state index is 0.165. The number of pyridine rings is 1. The quantitative estimate of drug-likeness (QED) is 0.947. The van der Waals surface area contributed by atoms with Crippen molar-refractivity contribution in [1.29, 1.82) is 5.26 Å². The number of rotatable bonds is 3. The van der Waals surface area contributed by atoms with Crippen LogP contribution < -0.4 is 10.9 Å². The Labute approximate surface area is 127 Å².